The summed E-state index contributed by atoms with van der Waals surface area (Å²) in [6.45, 7) is 5.83. The van der Waals surface area contributed by atoms with Crippen LogP contribution in [0.25, 0.3) is 10.6 Å². The van der Waals surface area contributed by atoms with E-state index in [4.69, 9.17) is 4.74 Å². The molecule has 1 amide bonds. The van der Waals surface area contributed by atoms with Gasteiger partial charge in [-0.2, -0.15) is 11.3 Å². The Morgan fingerprint density at radius 2 is 2.30 bits per heavy atom. The van der Waals surface area contributed by atoms with Gasteiger partial charge in [-0.05, 0) is 25.3 Å². The van der Waals surface area contributed by atoms with E-state index >= 15 is 0 Å². The van der Waals surface area contributed by atoms with Gasteiger partial charge < -0.3 is 9.64 Å². The van der Waals surface area contributed by atoms with Gasteiger partial charge in [-0.25, -0.2) is 4.98 Å². The van der Waals surface area contributed by atoms with Gasteiger partial charge in [0.15, 0.2) is 0 Å². The van der Waals surface area contributed by atoms with Gasteiger partial charge in [0.05, 0.1) is 12.2 Å². The molecule has 0 aromatic carbocycles. The lowest BCUT2D eigenvalue weighted by Gasteiger charge is -2.37. The lowest BCUT2D eigenvalue weighted by molar-refractivity contribution is -0.0764. The smallest absolute Gasteiger partial charge is 0.273 e. The van der Waals surface area contributed by atoms with Gasteiger partial charge in [0.2, 0.25) is 0 Å². The van der Waals surface area contributed by atoms with Crippen LogP contribution in [0.3, 0.4) is 0 Å². The normalized spacial score (nSPS) is 18.2. The first-order chi connectivity index (χ1) is 9.55. The molecule has 0 saturated carbocycles. The summed E-state index contributed by atoms with van der Waals surface area (Å²) in [6, 6.07) is 2.02. The first-order valence-corrected chi connectivity index (χ1v) is 8.29. The number of hydrogen-bond acceptors (Lipinski definition) is 5. The molecule has 1 saturated heterocycles. The van der Waals surface area contributed by atoms with E-state index in [0.29, 0.717) is 25.4 Å². The quantitative estimate of drug-likeness (QED) is 0.856. The molecule has 0 aliphatic carbocycles. The van der Waals surface area contributed by atoms with E-state index in [1.54, 1.807) is 11.3 Å². The maximum Gasteiger partial charge on any atom is 0.273 e. The highest BCUT2D eigenvalue weighted by Crippen LogP contribution is 2.27. The molecule has 1 aliphatic rings. The Kier molecular flexibility index (Phi) is 3.62. The van der Waals surface area contributed by atoms with Crippen LogP contribution in [0.2, 0.25) is 0 Å². The maximum absolute atomic E-state index is 12.5. The molecule has 1 aliphatic heterocycles. The number of amides is 1. The highest BCUT2D eigenvalue weighted by Gasteiger charge is 2.31. The summed E-state index contributed by atoms with van der Waals surface area (Å²) in [6.07, 6.45) is 0. The predicted octanol–water partition coefficient (Wildman–Crippen LogP) is 3.12. The molecular formula is C14H16N2O2S2. The molecule has 0 radical (unpaired) electrons. The van der Waals surface area contributed by atoms with Gasteiger partial charge in [-0.15, -0.1) is 11.3 Å². The van der Waals surface area contributed by atoms with Crippen LogP contribution < -0.4 is 0 Å². The van der Waals surface area contributed by atoms with E-state index in [-0.39, 0.29) is 11.5 Å². The van der Waals surface area contributed by atoms with Gasteiger partial charge >= 0.3 is 0 Å². The highest BCUT2D eigenvalue weighted by atomic mass is 32.1. The molecule has 3 heterocycles. The molecule has 106 valence electrons. The van der Waals surface area contributed by atoms with E-state index in [1.165, 1.54) is 11.3 Å². The molecule has 20 heavy (non-hydrogen) atoms. The third-order valence-electron chi connectivity index (χ3n) is 3.20. The van der Waals surface area contributed by atoms with Crippen molar-refractivity contribution in [2.45, 2.75) is 19.4 Å². The van der Waals surface area contributed by atoms with Crippen molar-refractivity contribution < 1.29 is 9.53 Å². The number of rotatable bonds is 2. The molecule has 3 rings (SSSR count). The Bertz CT molecular complexity index is 604. The minimum absolute atomic E-state index is 0.000829. The standard InChI is InChI=1S/C14H16N2O2S2/c1-14(2)9-16(4-5-18-14)13(17)11-8-20-12(15-11)10-3-6-19-7-10/h3,6-8H,4-5,9H2,1-2H3. The van der Waals surface area contributed by atoms with Crippen molar-refractivity contribution in [3.05, 3.63) is 27.9 Å². The van der Waals surface area contributed by atoms with Gasteiger partial charge in [0.25, 0.3) is 5.91 Å². The van der Waals surface area contributed by atoms with Crippen LogP contribution in [0.4, 0.5) is 0 Å². The van der Waals surface area contributed by atoms with Crippen molar-refractivity contribution in [2.75, 3.05) is 19.7 Å². The second-order valence-electron chi connectivity index (χ2n) is 5.38. The topological polar surface area (TPSA) is 42.4 Å². The maximum atomic E-state index is 12.5. The highest BCUT2D eigenvalue weighted by molar-refractivity contribution is 7.14. The predicted molar refractivity (Wildman–Crippen MR) is 81.4 cm³/mol. The molecule has 4 nitrogen and oxygen atoms in total. The monoisotopic (exact) mass is 308 g/mol. The number of thiophene rings is 1. The van der Waals surface area contributed by atoms with Gasteiger partial charge in [-0.1, -0.05) is 0 Å². The zero-order valence-electron chi connectivity index (χ0n) is 11.5. The van der Waals surface area contributed by atoms with Gasteiger partial charge in [-0.3, -0.25) is 4.79 Å². The second kappa shape index (κ2) is 5.27. The number of carbonyl (C=O) groups is 1. The molecule has 0 N–H and O–H groups in total. The first kappa shape index (κ1) is 13.7. The third-order valence-corrected chi connectivity index (χ3v) is 4.78. The Morgan fingerprint density at radius 3 is 3.00 bits per heavy atom. The van der Waals surface area contributed by atoms with Crippen molar-refractivity contribution >= 4 is 28.6 Å². The van der Waals surface area contributed by atoms with Crippen LogP contribution in [0.15, 0.2) is 22.2 Å². The lowest BCUT2D eigenvalue weighted by Crippen LogP contribution is -2.50. The fourth-order valence-electron chi connectivity index (χ4n) is 2.24. The molecule has 0 spiro atoms. The third kappa shape index (κ3) is 2.77. The number of hydrogen-bond donors (Lipinski definition) is 0. The average Bonchev–Trinajstić information content (AvgIpc) is 3.07. The van der Waals surface area contributed by atoms with Crippen LogP contribution in [0.1, 0.15) is 24.3 Å². The van der Waals surface area contributed by atoms with E-state index in [9.17, 15) is 4.79 Å². The van der Waals surface area contributed by atoms with Crippen molar-refractivity contribution in [2.24, 2.45) is 0 Å². The summed E-state index contributed by atoms with van der Waals surface area (Å²) in [5.41, 5.74) is 1.34. The number of morpholine rings is 1. The Hall–Kier alpha value is -1.24. The molecular weight excluding hydrogens is 292 g/mol. The summed E-state index contributed by atoms with van der Waals surface area (Å²) in [5.74, 6) is -0.000829. The fraction of sp³-hybridized carbons (Fsp3) is 0.429. The van der Waals surface area contributed by atoms with Crippen molar-refractivity contribution in [1.82, 2.24) is 9.88 Å². The SMILES string of the molecule is CC1(C)CN(C(=O)c2csc(-c3ccsc3)n2)CCO1. The second-order valence-corrected chi connectivity index (χ2v) is 7.02. The lowest BCUT2D eigenvalue weighted by atomic mass is 10.1. The number of carbonyl (C=O) groups excluding carboxylic acids is 1. The van der Waals surface area contributed by atoms with Crippen molar-refractivity contribution in [1.29, 1.82) is 0 Å². The van der Waals surface area contributed by atoms with Crippen molar-refractivity contribution in [3.63, 3.8) is 0 Å². The summed E-state index contributed by atoms with van der Waals surface area (Å²) in [4.78, 5) is 18.8. The first-order valence-electron chi connectivity index (χ1n) is 6.46. The van der Waals surface area contributed by atoms with E-state index in [1.807, 2.05) is 41.0 Å². The van der Waals surface area contributed by atoms with Crippen molar-refractivity contribution in [3.8, 4) is 10.6 Å². The minimum Gasteiger partial charge on any atom is -0.372 e. The average molecular weight is 308 g/mol. The number of nitrogens with zero attached hydrogens (tertiary/aromatic N) is 2. The zero-order valence-corrected chi connectivity index (χ0v) is 13.1. The molecule has 0 bridgehead atoms. The van der Waals surface area contributed by atoms with Crippen LogP contribution in [0, 0.1) is 0 Å². The van der Waals surface area contributed by atoms with E-state index in [2.05, 4.69) is 4.98 Å². The molecule has 0 atom stereocenters. The summed E-state index contributed by atoms with van der Waals surface area (Å²) in [7, 11) is 0. The molecule has 0 unspecified atom stereocenters. The minimum atomic E-state index is -0.278. The van der Waals surface area contributed by atoms with Crippen LogP contribution in [-0.4, -0.2) is 41.1 Å². The van der Waals surface area contributed by atoms with Crippen LogP contribution >= 0.6 is 22.7 Å². The molecule has 2 aromatic rings. The summed E-state index contributed by atoms with van der Waals surface area (Å²) in [5, 5.41) is 6.81. The van der Waals surface area contributed by atoms with Crippen LogP contribution in [-0.2, 0) is 4.74 Å². The Morgan fingerprint density at radius 1 is 1.45 bits per heavy atom. The summed E-state index contributed by atoms with van der Waals surface area (Å²) < 4.78 is 5.64. The number of thiazole rings is 1. The Labute approximate surface area is 126 Å². The zero-order chi connectivity index (χ0) is 14.2. The molecule has 2 aromatic heterocycles. The summed E-state index contributed by atoms with van der Waals surface area (Å²) >= 11 is 3.15. The van der Waals surface area contributed by atoms with E-state index < -0.39 is 0 Å². The fourth-order valence-corrected chi connectivity index (χ4v) is 3.75. The molecule has 6 heteroatoms. The van der Waals surface area contributed by atoms with E-state index in [0.717, 1.165) is 10.6 Å². The molecule has 1 fully saturated rings. The Balaban J connectivity index is 1.78. The number of ether oxygens (including phenoxy) is 1. The van der Waals surface area contributed by atoms with Gasteiger partial charge in [0, 0.05) is 29.4 Å². The van der Waals surface area contributed by atoms with Gasteiger partial charge in [0.1, 0.15) is 10.7 Å². The largest absolute Gasteiger partial charge is 0.372 e. The number of aromatic nitrogens is 1. The van der Waals surface area contributed by atoms with Crippen LogP contribution in [0.5, 0.6) is 0 Å².